The molecular weight excluding hydrogens is 256 g/mol. The summed E-state index contributed by atoms with van der Waals surface area (Å²) in [5.41, 5.74) is 1.23. The van der Waals surface area contributed by atoms with Gasteiger partial charge in [-0.2, -0.15) is 0 Å². The zero-order chi connectivity index (χ0) is 13.7. The molecule has 1 aliphatic rings. The van der Waals surface area contributed by atoms with E-state index < -0.39 is 0 Å². The van der Waals surface area contributed by atoms with E-state index in [1.165, 1.54) is 23.8 Å². The lowest BCUT2D eigenvalue weighted by atomic mass is 10.2. The third kappa shape index (κ3) is 4.53. The molecule has 1 aliphatic heterocycles. The molecule has 0 bridgehead atoms. The molecule has 2 rings (SSSR count). The average molecular weight is 282 g/mol. The van der Waals surface area contributed by atoms with Gasteiger partial charge in [-0.3, -0.25) is 9.80 Å². The van der Waals surface area contributed by atoms with Crippen molar-refractivity contribution >= 4 is 11.3 Å². The number of nitrogens with one attached hydrogen (secondary N) is 1. The highest BCUT2D eigenvalue weighted by atomic mass is 32.1. The molecule has 0 aliphatic carbocycles. The van der Waals surface area contributed by atoms with Gasteiger partial charge in [0.15, 0.2) is 0 Å². The minimum Gasteiger partial charge on any atom is -0.311 e. The zero-order valence-corrected chi connectivity index (χ0v) is 13.2. The monoisotopic (exact) mass is 282 g/mol. The second-order valence-corrected chi connectivity index (χ2v) is 6.36. The van der Waals surface area contributed by atoms with Crippen LogP contribution in [-0.2, 0) is 13.1 Å². The second-order valence-electron chi connectivity index (χ2n) is 5.42. The number of aromatic nitrogens is 1. The molecule has 1 saturated heterocycles. The van der Waals surface area contributed by atoms with Crippen molar-refractivity contribution in [2.75, 3.05) is 32.7 Å². The molecule has 1 fully saturated rings. The average Bonchev–Trinajstić information content (AvgIpc) is 2.84. The van der Waals surface area contributed by atoms with Crippen LogP contribution in [0.2, 0.25) is 0 Å². The zero-order valence-electron chi connectivity index (χ0n) is 12.4. The van der Waals surface area contributed by atoms with Crippen molar-refractivity contribution < 1.29 is 0 Å². The van der Waals surface area contributed by atoms with Gasteiger partial charge in [0.05, 0.1) is 5.69 Å². The Morgan fingerprint density at radius 3 is 2.68 bits per heavy atom. The van der Waals surface area contributed by atoms with Crippen molar-refractivity contribution in [2.45, 2.75) is 39.9 Å². The third-order valence-corrected chi connectivity index (χ3v) is 4.55. The molecular formula is C14H26N4S. The first kappa shape index (κ1) is 14.9. The predicted molar refractivity (Wildman–Crippen MR) is 81.5 cm³/mol. The summed E-state index contributed by atoms with van der Waals surface area (Å²) in [5.74, 6) is 0. The van der Waals surface area contributed by atoms with Crippen LogP contribution >= 0.6 is 11.3 Å². The fraction of sp³-hybridized carbons (Fsp3) is 0.786. The Kier molecular flexibility index (Phi) is 5.76. The first-order chi connectivity index (χ1) is 9.19. The molecule has 0 spiro atoms. The Morgan fingerprint density at radius 2 is 2.05 bits per heavy atom. The lowest BCUT2D eigenvalue weighted by Gasteiger charge is -2.36. The fourth-order valence-electron chi connectivity index (χ4n) is 2.40. The van der Waals surface area contributed by atoms with E-state index in [-0.39, 0.29) is 0 Å². The Morgan fingerprint density at radius 1 is 1.32 bits per heavy atom. The van der Waals surface area contributed by atoms with Crippen LogP contribution in [0.1, 0.15) is 31.5 Å². The first-order valence-corrected chi connectivity index (χ1v) is 8.17. The van der Waals surface area contributed by atoms with Gasteiger partial charge in [-0.15, -0.1) is 11.3 Å². The summed E-state index contributed by atoms with van der Waals surface area (Å²) in [6.07, 6.45) is 0. The van der Waals surface area contributed by atoms with Crippen LogP contribution in [0.15, 0.2) is 5.38 Å². The van der Waals surface area contributed by atoms with E-state index in [1.807, 2.05) is 0 Å². The second kappa shape index (κ2) is 7.33. The van der Waals surface area contributed by atoms with E-state index in [4.69, 9.17) is 4.98 Å². The van der Waals surface area contributed by atoms with Crippen LogP contribution in [0, 0.1) is 0 Å². The normalized spacial score (nSPS) is 18.3. The Balaban J connectivity index is 1.77. The van der Waals surface area contributed by atoms with Gasteiger partial charge in [0.2, 0.25) is 0 Å². The molecule has 0 amide bonds. The summed E-state index contributed by atoms with van der Waals surface area (Å²) in [5, 5.41) is 6.74. The summed E-state index contributed by atoms with van der Waals surface area (Å²) in [6, 6.07) is 0.674. The van der Waals surface area contributed by atoms with Crippen LogP contribution in [0.5, 0.6) is 0 Å². The Bertz CT molecular complexity index is 369. The molecule has 4 nitrogen and oxygen atoms in total. The fourth-order valence-corrected chi connectivity index (χ4v) is 3.16. The van der Waals surface area contributed by atoms with E-state index in [0.717, 1.165) is 32.7 Å². The van der Waals surface area contributed by atoms with Gasteiger partial charge in [0, 0.05) is 50.7 Å². The SMILES string of the molecule is CCNCc1nc(CN2CCN(C(C)C)CC2)cs1. The van der Waals surface area contributed by atoms with Crippen molar-refractivity contribution in [1.29, 1.82) is 0 Å². The van der Waals surface area contributed by atoms with E-state index in [0.29, 0.717) is 6.04 Å². The molecule has 0 radical (unpaired) electrons. The molecule has 0 aromatic carbocycles. The van der Waals surface area contributed by atoms with Crippen molar-refractivity contribution in [3.63, 3.8) is 0 Å². The highest BCUT2D eigenvalue weighted by Crippen LogP contribution is 2.13. The first-order valence-electron chi connectivity index (χ1n) is 7.29. The summed E-state index contributed by atoms with van der Waals surface area (Å²) in [6.45, 7) is 14.3. The van der Waals surface area contributed by atoms with Crippen LogP contribution in [0.3, 0.4) is 0 Å². The maximum absolute atomic E-state index is 4.70. The molecule has 0 unspecified atom stereocenters. The molecule has 2 heterocycles. The van der Waals surface area contributed by atoms with Gasteiger partial charge in [-0.05, 0) is 20.4 Å². The smallest absolute Gasteiger partial charge is 0.107 e. The van der Waals surface area contributed by atoms with Gasteiger partial charge in [0.1, 0.15) is 5.01 Å². The summed E-state index contributed by atoms with van der Waals surface area (Å²) >= 11 is 1.77. The Hall–Kier alpha value is -0.490. The maximum Gasteiger partial charge on any atom is 0.107 e. The molecule has 1 N–H and O–H groups in total. The van der Waals surface area contributed by atoms with Crippen LogP contribution in [0.25, 0.3) is 0 Å². The van der Waals surface area contributed by atoms with Crippen molar-refractivity contribution in [3.05, 3.63) is 16.1 Å². The Labute approximate surface area is 120 Å². The number of thiazole rings is 1. The van der Waals surface area contributed by atoms with E-state index in [9.17, 15) is 0 Å². The number of hydrogen-bond donors (Lipinski definition) is 1. The topological polar surface area (TPSA) is 31.4 Å². The summed E-state index contributed by atoms with van der Waals surface area (Å²) in [7, 11) is 0. The van der Waals surface area contributed by atoms with Crippen molar-refractivity contribution in [3.8, 4) is 0 Å². The predicted octanol–water partition coefficient (Wildman–Crippen LogP) is 1.78. The highest BCUT2D eigenvalue weighted by molar-refractivity contribution is 7.09. The summed E-state index contributed by atoms with van der Waals surface area (Å²) in [4.78, 5) is 9.77. The van der Waals surface area contributed by atoms with E-state index in [1.54, 1.807) is 11.3 Å². The third-order valence-electron chi connectivity index (χ3n) is 3.65. The van der Waals surface area contributed by atoms with Gasteiger partial charge < -0.3 is 5.32 Å². The lowest BCUT2D eigenvalue weighted by Crippen LogP contribution is -2.48. The van der Waals surface area contributed by atoms with Crippen LogP contribution in [0.4, 0.5) is 0 Å². The van der Waals surface area contributed by atoms with Gasteiger partial charge in [-0.1, -0.05) is 6.92 Å². The molecule has 108 valence electrons. The number of nitrogens with zero attached hydrogens (tertiary/aromatic N) is 3. The summed E-state index contributed by atoms with van der Waals surface area (Å²) < 4.78 is 0. The maximum atomic E-state index is 4.70. The van der Waals surface area contributed by atoms with E-state index >= 15 is 0 Å². The van der Waals surface area contributed by atoms with Crippen LogP contribution < -0.4 is 5.32 Å². The lowest BCUT2D eigenvalue weighted by molar-refractivity contribution is 0.103. The minimum absolute atomic E-state index is 0.674. The quantitative estimate of drug-likeness (QED) is 0.862. The highest BCUT2D eigenvalue weighted by Gasteiger charge is 2.19. The van der Waals surface area contributed by atoms with E-state index in [2.05, 4.69) is 41.3 Å². The number of rotatable bonds is 6. The molecule has 0 saturated carbocycles. The molecule has 0 atom stereocenters. The van der Waals surface area contributed by atoms with Gasteiger partial charge >= 0.3 is 0 Å². The molecule has 1 aromatic rings. The van der Waals surface area contributed by atoms with Gasteiger partial charge in [-0.25, -0.2) is 4.98 Å². The van der Waals surface area contributed by atoms with Gasteiger partial charge in [0.25, 0.3) is 0 Å². The number of piperazine rings is 1. The minimum atomic E-state index is 0.674. The molecule has 19 heavy (non-hydrogen) atoms. The van der Waals surface area contributed by atoms with Crippen molar-refractivity contribution in [2.24, 2.45) is 0 Å². The van der Waals surface area contributed by atoms with Crippen LogP contribution in [-0.4, -0.2) is 53.5 Å². The molecule has 1 aromatic heterocycles. The standard InChI is InChI=1S/C14H26N4S/c1-4-15-9-14-16-13(11-19-14)10-17-5-7-18(8-6-17)12(2)3/h11-12,15H,4-10H2,1-3H3. The largest absolute Gasteiger partial charge is 0.311 e. The van der Waals surface area contributed by atoms with Crippen molar-refractivity contribution in [1.82, 2.24) is 20.1 Å². The molecule has 5 heteroatoms. The number of hydrogen-bond acceptors (Lipinski definition) is 5.